The number of ether oxygens (including phenoxy) is 1. The van der Waals surface area contributed by atoms with Gasteiger partial charge in [0.2, 0.25) is 0 Å². The summed E-state index contributed by atoms with van der Waals surface area (Å²) in [5, 5.41) is 8.38. The fourth-order valence-corrected chi connectivity index (χ4v) is 1.39. The first-order valence-electron chi connectivity index (χ1n) is 4.77. The van der Waals surface area contributed by atoms with Crippen LogP contribution in [0.5, 0.6) is 5.95 Å². The lowest BCUT2D eigenvalue weighted by Gasteiger charge is -1.97. The number of rotatable bonds is 3. The molecule has 1 aromatic heterocycles. The average Bonchev–Trinajstić information content (AvgIpc) is 2.66. The Morgan fingerprint density at radius 2 is 1.94 bits per heavy atom. The largest absolute Gasteiger partial charge is 0.513 e. The molecule has 82 valence electrons. The topological polar surface area (TPSA) is 59.7 Å². The van der Waals surface area contributed by atoms with Gasteiger partial charge in [-0.2, -0.15) is 0 Å². The van der Waals surface area contributed by atoms with Crippen molar-refractivity contribution < 1.29 is 19.1 Å². The highest BCUT2D eigenvalue weighted by molar-refractivity contribution is 5.59. The van der Waals surface area contributed by atoms with Crippen molar-refractivity contribution >= 4 is 6.16 Å². The van der Waals surface area contributed by atoms with Gasteiger partial charge in [-0.25, -0.2) is 4.79 Å². The summed E-state index contributed by atoms with van der Waals surface area (Å²) < 4.78 is 9.58. The third kappa shape index (κ3) is 2.63. The van der Waals surface area contributed by atoms with Crippen molar-refractivity contribution in [1.82, 2.24) is 0 Å². The van der Waals surface area contributed by atoms with Gasteiger partial charge in [0.25, 0.3) is 5.95 Å². The van der Waals surface area contributed by atoms with E-state index in [0.29, 0.717) is 12.2 Å². The van der Waals surface area contributed by atoms with Crippen molar-refractivity contribution in [2.24, 2.45) is 0 Å². The summed E-state index contributed by atoms with van der Waals surface area (Å²) in [7, 11) is 0. The van der Waals surface area contributed by atoms with Gasteiger partial charge in [0.15, 0.2) is 0 Å². The van der Waals surface area contributed by atoms with Crippen LogP contribution in [0, 0.1) is 0 Å². The number of hydrogen-bond donors (Lipinski definition) is 1. The molecule has 0 atom stereocenters. The highest BCUT2D eigenvalue weighted by atomic mass is 16.7. The van der Waals surface area contributed by atoms with Crippen molar-refractivity contribution in [2.75, 3.05) is 0 Å². The monoisotopic (exact) mass is 218 g/mol. The van der Waals surface area contributed by atoms with Gasteiger partial charge in [0.1, 0.15) is 5.76 Å². The van der Waals surface area contributed by atoms with Gasteiger partial charge in [-0.15, -0.1) is 0 Å². The van der Waals surface area contributed by atoms with E-state index in [4.69, 9.17) is 9.52 Å². The molecule has 0 bridgehead atoms. The minimum absolute atomic E-state index is 0.00145. The van der Waals surface area contributed by atoms with E-state index in [0.717, 1.165) is 5.56 Å². The molecule has 0 fully saturated rings. The molecule has 1 aromatic carbocycles. The summed E-state index contributed by atoms with van der Waals surface area (Å²) in [6.07, 6.45) is -0.760. The van der Waals surface area contributed by atoms with E-state index >= 15 is 0 Å². The molecule has 0 aliphatic rings. The number of hydrogen-bond acceptors (Lipinski definition) is 3. The predicted octanol–water partition coefficient (Wildman–Crippen LogP) is 2.93. The van der Waals surface area contributed by atoms with Crippen LogP contribution in [0.25, 0.3) is 0 Å². The Kier molecular flexibility index (Phi) is 2.91. The van der Waals surface area contributed by atoms with Crippen LogP contribution in [-0.4, -0.2) is 11.3 Å². The molecule has 4 heteroatoms. The first-order chi connectivity index (χ1) is 7.74. The zero-order valence-electron chi connectivity index (χ0n) is 8.42. The molecule has 0 saturated heterocycles. The summed E-state index contributed by atoms with van der Waals surface area (Å²) in [6.45, 7) is 0. The van der Waals surface area contributed by atoms with Gasteiger partial charge < -0.3 is 14.3 Å². The molecule has 0 radical (unpaired) electrons. The SMILES string of the molecule is O=C(O)Oc1ccc(Cc2ccccc2)o1. The van der Waals surface area contributed by atoms with E-state index in [1.54, 1.807) is 6.07 Å². The van der Waals surface area contributed by atoms with Gasteiger partial charge in [-0.3, -0.25) is 0 Å². The van der Waals surface area contributed by atoms with E-state index in [9.17, 15) is 4.79 Å². The first kappa shape index (κ1) is 10.3. The Labute approximate surface area is 92.1 Å². The van der Waals surface area contributed by atoms with Crippen molar-refractivity contribution in [3.63, 3.8) is 0 Å². The molecule has 0 unspecified atom stereocenters. The van der Waals surface area contributed by atoms with Gasteiger partial charge in [0, 0.05) is 12.5 Å². The molecule has 2 rings (SSSR count). The second-order valence-electron chi connectivity index (χ2n) is 3.25. The van der Waals surface area contributed by atoms with Gasteiger partial charge in [-0.05, 0) is 11.6 Å². The number of carboxylic acid groups (broad SMARTS) is 1. The molecule has 0 amide bonds. The summed E-state index contributed by atoms with van der Waals surface area (Å²) in [6, 6.07) is 12.9. The van der Waals surface area contributed by atoms with Crippen molar-refractivity contribution in [2.45, 2.75) is 6.42 Å². The average molecular weight is 218 g/mol. The zero-order valence-corrected chi connectivity index (χ0v) is 8.42. The third-order valence-electron chi connectivity index (χ3n) is 2.05. The minimum atomic E-state index is -1.37. The molecule has 4 nitrogen and oxygen atoms in total. The highest BCUT2D eigenvalue weighted by Crippen LogP contribution is 2.18. The standard InChI is InChI=1S/C12H10O4/c13-12(14)16-11-7-6-10(15-11)8-9-4-2-1-3-5-9/h1-7H,8H2,(H,13,14). The maximum absolute atomic E-state index is 10.3. The second kappa shape index (κ2) is 4.53. The van der Waals surface area contributed by atoms with E-state index in [1.807, 2.05) is 30.3 Å². The van der Waals surface area contributed by atoms with E-state index < -0.39 is 6.16 Å². The van der Waals surface area contributed by atoms with Crippen LogP contribution in [0.3, 0.4) is 0 Å². The highest BCUT2D eigenvalue weighted by Gasteiger charge is 2.07. The summed E-state index contributed by atoms with van der Waals surface area (Å²) in [5.74, 6) is 0.667. The van der Waals surface area contributed by atoms with E-state index in [2.05, 4.69) is 4.74 Å². The number of carbonyl (C=O) groups is 1. The van der Waals surface area contributed by atoms with Crippen LogP contribution < -0.4 is 4.74 Å². The maximum Gasteiger partial charge on any atom is 0.513 e. The fourth-order valence-electron chi connectivity index (χ4n) is 1.39. The fraction of sp³-hybridized carbons (Fsp3) is 0.0833. The molecule has 2 aromatic rings. The summed E-state index contributed by atoms with van der Waals surface area (Å²) in [5.41, 5.74) is 1.10. The van der Waals surface area contributed by atoms with Crippen LogP contribution in [0.1, 0.15) is 11.3 Å². The number of benzene rings is 1. The molecular weight excluding hydrogens is 208 g/mol. The van der Waals surface area contributed by atoms with Crippen LogP contribution in [0.2, 0.25) is 0 Å². The first-order valence-corrected chi connectivity index (χ1v) is 4.77. The molecular formula is C12H10O4. The molecule has 0 aliphatic carbocycles. The second-order valence-corrected chi connectivity index (χ2v) is 3.25. The van der Waals surface area contributed by atoms with Crippen LogP contribution in [0.4, 0.5) is 4.79 Å². The maximum atomic E-state index is 10.3. The molecule has 0 aliphatic heterocycles. The Morgan fingerprint density at radius 1 is 1.19 bits per heavy atom. The molecule has 0 saturated carbocycles. The van der Waals surface area contributed by atoms with Crippen LogP contribution >= 0.6 is 0 Å². The van der Waals surface area contributed by atoms with Crippen LogP contribution in [-0.2, 0) is 6.42 Å². The number of furan rings is 1. The predicted molar refractivity (Wildman–Crippen MR) is 56.6 cm³/mol. The molecule has 1 N–H and O–H groups in total. The van der Waals surface area contributed by atoms with E-state index in [-0.39, 0.29) is 5.95 Å². The Morgan fingerprint density at radius 3 is 2.62 bits per heavy atom. The van der Waals surface area contributed by atoms with Crippen molar-refractivity contribution in [1.29, 1.82) is 0 Å². The zero-order chi connectivity index (χ0) is 11.4. The molecule has 0 spiro atoms. The minimum Gasteiger partial charge on any atom is -0.449 e. The third-order valence-corrected chi connectivity index (χ3v) is 2.05. The lowest BCUT2D eigenvalue weighted by atomic mass is 10.1. The van der Waals surface area contributed by atoms with E-state index in [1.165, 1.54) is 6.07 Å². The Bertz CT molecular complexity index is 473. The van der Waals surface area contributed by atoms with Gasteiger partial charge in [-0.1, -0.05) is 30.3 Å². The molecule has 16 heavy (non-hydrogen) atoms. The lowest BCUT2D eigenvalue weighted by Crippen LogP contribution is -2.01. The smallest absolute Gasteiger partial charge is 0.449 e. The summed E-state index contributed by atoms with van der Waals surface area (Å²) in [4.78, 5) is 10.3. The quantitative estimate of drug-likeness (QED) is 0.804. The molecule has 1 heterocycles. The van der Waals surface area contributed by atoms with Crippen molar-refractivity contribution in [3.05, 3.63) is 53.8 Å². The normalized spacial score (nSPS) is 10.0. The van der Waals surface area contributed by atoms with Gasteiger partial charge >= 0.3 is 6.16 Å². The Hall–Kier alpha value is -2.23. The Balaban J connectivity index is 2.06. The van der Waals surface area contributed by atoms with Gasteiger partial charge in [0.05, 0.1) is 0 Å². The summed E-state index contributed by atoms with van der Waals surface area (Å²) >= 11 is 0. The van der Waals surface area contributed by atoms with Crippen LogP contribution in [0.15, 0.2) is 46.9 Å². The lowest BCUT2D eigenvalue weighted by molar-refractivity contribution is 0.132. The van der Waals surface area contributed by atoms with Crippen molar-refractivity contribution in [3.8, 4) is 5.95 Å².